The van der Waals surface area contributed by atoms with Gasteiger partial charge in [-0.25, -0.2) is 14.2 Å². The topological polar surface area (TPSA) is 50.7 Å². The van der Waals surface area contributed by atoms with Gasteiger partial charge in [-0.15, -0.1) is 11.3 Å². The zero-order valence-corrected chi connectivity index (χ0v) is 11.3. The molecule has 21 heavy (non-hydrogen) atoms. The van der Waals surface area contributed by atoms with Gasteiger partial charge in [0.2, 0.25) is 0 Å². The minimum Gasteiger partial charge on any atom is -0.481 e. The molecule has 0 spiro atoms. The first-order valence-electron chi connectivity index (χ1n) is 5.69. The number of benzene rings is 1. The van der Waals surface area contributed by atoms with Crippen molar-refractivity contribution in [2.45, 2.75) is 0 Å². The van der Waals surface area contributed by atoms with Crippen LogP contribution < -0.4 is 10.2 Å². The summed E-state index contributed by atoms with van der Waals surface area (Å²) in [7, 11) is 0. The summed E-state index contributed by atoms with van der Waals surface area (Å²) in [4.78, 5) is 11.9. The van der Waals surface area contributed by atoms with Crippen molar-refractivity contribution in [3.63, 3.8) is 0 Å². The van der Waals surface area contributed by atoms with Gasteiger partial charge in [-0.1, -0.05) is 0 Å². The molecule has 0 atom stereocenters. The number of hydrazone groups is 1. The van der Waals surface area contributed by atoms with E-state index in [0.29, 0.717) is 10.9 Å². The quantitative estimate of drug-likeness (QED) is 0.681. The first-order chi connectivity index (χ1) is 10.0. The van der Waals surface area contributed by atoms with Gasteiger partial charge in [0.05, 0.1) is 11.1 Å². The first kappa shape index (κ1) is 15.0. The third-order valence-corrected chi connectivity index (χ3v) is 3.04. The number of thiophene rings is 1. The Hall–Kier alpha value is -2.35. The number of carbonyl (C=O) groups excluding carboxylic acids is 1. The van der Waals surface area contributed by atoms with Gasteiger partial charge in [0.25, 0.3) is 5.91 Å². The third-order valence-electron chi connectivity index (χ3n) is 2.23. The van der Waals surface area contributed by atoms with Crippen LogP contribution in [0, 0.1) is 16.8 Å². The van der Waals surface area contributed by atoms with Gasteiger partial charge in [0.1, 0.15) is 5.82 Å². The van der Waals surface area contributed by atoms with E-state index >= 15 is 0 Å². The van der Waals surface area contributed by atoms with E-state index in [-0.39, 0.29) is 10.9 Å². The Morgan fingerprint density at radius 2 is 2.10 bits per heavy atom. The Balaban J connectivity index is 1.81. The first-order valence-corrected chi connectivity index (χ1v) is 6.51. The summed E-state index contributed by atoms with van der Waals surface area (Å²) >= 11 is 0.869. The fourth-order valence-corrected chi connectivity index (χ4v) is 1.94. The maximum Gasteiger partial charge on any atom is 0.277 e. The fraction of sp³-hybridized carbons (Fsp3) is 0.0769. The summed E-state index contributed by atoms with van der Waals surface area (Å²) in [5, 5.41) is 3.23. The highest BCUT2D eigenvalue weighted by Crippen LogP contribution is 2.17. The van der Waals surface area contributed by atoms with Gasteiger partial charge < -0.3 is 4.74 Å². The Morgan fingerprint density at radius 3 is 2.76 bits per heavy atom. The molecule has 0 aliphatic carbocycles. The Labute approximate surface area is 121 Å². The van der Waals surface area contributed by atoms with E-state index < -0.39 is 24.1 Å². The summed E-state index contributed by atoms with van der Waals surface area (Å²) < 4.78 is 43.4. The molecule has 0 saturated carbocycles. The summed E-state index contributed by atoms with van der Waals surface area (Å²) in [5.41, 5.74) is 2.13. The van der Waals surface area contributed by atoms with Crippen LogP contribution in [0.2, 0.25) is 0 Å². The van der Waals surface area contributed by atoms with E-state index in [2.05, 4.69) is 10.5 Å². The van der Waals surface area contributed by atoms with Crippen LogP contribution in [0.25, 0.3) is 0 Å². The molecule has 0 aliphatic heterocycles. The van der Waals surface area contributed by atoms with Crippen LogP contribution in [0.3, 0.4) is 0 Å². The van der Waals surface area contributed by atoms with E-state index in [4.69, 9.17) is 4.74 Å². The molecule has 8 heteroatoms. The van der Waals surface area contributed by atoms with Gasteiger partial charge in [0.15, 0.2) is 23.3 Å². The minimum atomic E-state index is -0.902. The van der Waals surface area contributed by atoms with E-state index in [1.807, 2.05) is 0 Å². The number of halogens is 3. The van der Waals surface area contributed by atoms with E-state index in [1.165, 1.54) is 18.3 Å². The van der Waals surface area contributed by atoms with Crippen molar-refractivity contribution in [3.05, 3.63) is 52.0 Å². The number of rotatable bonds is 5. The number of hydrogen-bond acceptors (Lipinski definition) is 4. The molecule has 1 aromatic carbocycles. The zero-order valence-electron chi connectivity index (χ0n) is 10.5. The second-order valence-electron chi connectivity index (χ2n) is 3.80. The lowest BCUT2D eigenvalue weighted by molar-refractivity contribution is -0.123. The SMILES string of the molecule is O=C(COc1ccc(F)cc1F)NN=Cc1ccc(F)s1. The number of nitrogens with zero attached hydrogens (tertiary/aromatic N) is 1. The van der Waals surface area contributed by atoms with Crippen LogP contribution in [0.1, 0.15) is 4.88 Å². The van der Waals surface area contributed by atoms with Crippen LogP contribution in [0.15, 0.2) is 35.4 Å². The molecule has 0 unspecified atom stereocenters. The lowest BCUT2D eigenvalue weighted by Gasteiger charge is -2.05. The standard InChI is InChI=1S/C13H9F3N2O2S/c14-8-1-3-11(10(15)5-8)20-7-13(19)18-17-6-9-2-4-12(16)21-9/h1-6H,7H2,(H,18,19). The van der Waals surface area contributed by atoms with Crippen molar-refractivity contribution in [2.24, 2.45) is 5.10 Å². The molecule has 110 valence electrons. The largest absolute Gasteiger partial charge is 0.481 e. The molecule has 0 fully saturated rings. The average Bonchev–Trinajstić information content (AvgIpc) is 2.83. The van der Waals surface area contributed by atoms with E-state index in [0.717, 1.165) is 23.5 Å². The fourth-order valence-electron chi connectivity index (χ4n) is 1.33. The lowest BCUT2D eigenvalue weighted by atomic mass is 10.3. The van der Waals surface area contributed by atoms with Crippen LogP contribution in [0.5, 0.6) is 5.75 Å². The van der Waals surface area contributed by atoms with Crippen LogP contribution in [-0.2, 0) is 4.79 Å². The maximum absolute atomic E-state index is 13.2. The predicted octanol–water partition coefficient (Wildman–Crippen LogP) is 2.69. The molecule has 0 radical (unpaired) electrons. The smallest absolute Gasteiger partial charge is 0.277 e. The average molecular weight is 314 g/mol. The van der Waals surface area contributed by atoms with Crippen molar-refractivity contribution in [2.75, 3.05) is 6.61 Å². The molecule has 1 amide bonds. The van der Waals surface area contributed by atoms with Gasteiger partial charge in [-0.2, -0.15) is 9.49 Å². The monoisotopic (exact) mass is 314 g/mol. The zero-order chi connectivity index (χ0) is 15.2. The molecule has 2 rings (SSSR count). The van der Waals surface area contributed by atoms with Crippen LogP contribution >= 0.6 is 11.3 Å². The molecule has 1 aromatic heterocycles. The highest BCUT2D eigenvalue weighted by Gasteiger charge is 2.07. The molecular weight excluding hydrogens is 305 g/mol. The molecule has 1 heterocycles. The van der Waals surface area contributed by atoms with E-state index in [9.17, 15) is 18.0 Å². The summed E-state index contributed by atoms with van der Waals surface area (Å²) in [5.74, 6) is -2.51. The van der Waals surface area contributed by atoms with Crippen molar-refractivity contribution >= 4 is 23.5 Å². The van der Waals surface area contributed by atoms with Crippen molar-refractivity contribution < 1.29 is 22.7 Å². The van der Waals surface area contributed by atoms with Crippen molar-refractivity contribution in [1.82, 2.24) is 5.43 Å². The molecule has 2 aromatic rings. The molecule has 0 saturated heterocycles. The van der Waals surface area contributed by atoms with E-state index in [1.54, 1.807) is 0 Å². The maximum atomic E-state index is 13.2. The summed E-state index contributed by atoms with van der Waals surface area (Å²) in [6.07, 6.45) is 1.27. The van der Waals surface area contributed by atoms with Gasteiger partial charge >= 0.3 is 0 Å². The Bertz CT molecular complexity index is 673. The predicted molar refractivity (Wildman–Crippen MR) is 71.9 cm³/mol. The highest BCUT2D eigenvalue weighted by molar-refractivity contribution is 7.12. The molecular formula is C13H9F3N2O2S. The number of amides is 1. The second-order valence-corrected chi connectivity index (χ2v) is 4.86. The second kappa shape index (κ2) is 6.89. The van der Waals surface area contributed by atoms with Gasteiger partial charge in [-0.05, 0) is 24.3 Å². The Morgan fingerprint density at radius 1 is 1.29 bits per heavy atom. The number of nitrogens with one attached hydrogen (secondary N) is 1. The summed E-state index contributed by atoms with van der Waals surface area (Å²) in [6, 6.07) is 5.51. The molecule has 4 nitrogen and oxygen atoms in total. The van der Waals surface area contributed by atoms with Crippen molar-refractivity contribution in [1.29, 1.82) is 0 Å². The highest BCUT2D eigenvalue weighted by atomic mass is 32.1. The van der Waals surface area contributed by atoms with Crippen LogP contribution in [-0.4, -0.2) is 18.7 Å². The van der Waals surface area contributed by atoms with Gasteiger partial charge in [0, 0.05) is 6.07 Å². The lowest BCUT2D eigenvalue weighted by Crippen LogP contribution is -2.24. The van der Waals surface area contributed by atoms with Gasteiger partial charge in [-0.3, -0.25) is 4.79 Å². The Kier molecular flexibility index (Phi) is 4.94. The molecule has 1 N–H and O–H groups in total. The van der Waals surface area contributed by atoms with Crippen molar-refractivity contribution in [3.8, 4) is 5.75 Å². The number of hydrogen-bond donors (Lipinski definition) is 1. The molecule has 0 bridgehead atoms. The normalized spacial score (nSPS) is 10.8. The number of ether oxygens (including phenoxy) is 1. The third kappa shape index (κ3) is 4.60. The summed E-state index contributed by atoms with van der Waals surface area (Å²) in [6.45, 7) is -0.487. The molecule has 0 aliphatic rings. The van der Waals surface area contributed by atoms with Crippen LogP contribution in [0.4, 0.5) is 13.2 Å². The minimum absolute atomic E-state index is 0.240. The number of carbonyl (C=O) groups is 1.